The summed E-state index contributed by atoms with van der Waals surface area (Å²) in [6, 6.07) is 0. The maximum absolute atomic E-state index is 4.54. The summed E-state index contributed by atoms with van der Waals surface area (Å²) < 4.78 is 0. The molecule has 98 valence electrons. The lowest BCUT2D eigenvalue weighted by atomic mass is 9.89. The maximum Gasteiger partial charge on any atom is 0.152 e. The Bertz CT molecular complexity index is 523. The molecule has 0 saturated carbocycles. The lowest BCUT2D eigenvalue weighted by Crippen LogP contribution is -2.12. The molecule has 0 unspecified atom stereocenters. The van der Waals surface area contributed by atoms with Gasteiger partial charge in [0.25, 0.3) is 0 Å². The number of nitrogens with zero attached hydrogens (tertiary/aromatic N) is 2. The third kappa shape index (κ3) is 2.64. The highest BCUT2D eigenvalue weighted by molar-refractivity contribution is 7.21. The van der Waals surface area contributed by atoms with Crippen LogP contribution in [0.5, 0.6) is 0 Å². The van der Waals surface area contributed by atoms with Crippen LogP contribution in [-0.2, 0) is 5.41 Å². The number of aromatic nitrogens is 2. The summed E-state index contributed by atoms with van der Waals surface area (Å²) in [4.78, 5) is 11.7. The molecule has 0 N–H and O–H groups in total. The van der Waals surface area contributed by atoms with Crippen LogP contribution in [0.4, 0.5) is 0 Å². The molecular formula is C14H20N2S2. The summed E-state index contributed by atoms with van der Waals surface area (Å²) in [6.45, 7) is 11.2. The predicted octanol–water partition coefficient (Wildman–Crippen LogP) is 5.08. The zero-order valence-corrected chi connectivity index (χ0v) is 13.3. The second kappa shape index (κ2) is 5.10. The third-order valence-corrected chi connectivity index (χ3v) is 6.14. The minimum atomic E-state index is 0.216. The van der Waals surface area contributed by atoms with Crippen molar-refractivity contribution >= 4 is 22.7 Å². The molecule has 2 nitrogen and oxygen atoms in total. The zero-order valence-electron chi connectivity index (χ0n) is 11.7. The maximum atomic E-state index is 4.54. The molecule has 18 heavy (non-hydrogen) atoms. The van der Waals surface area contributed by atoms with Gasteiger partial charge in [0, 0.05) is 27.6 Å². The van der Waals surface area contributed by atoms with Gasteiger partial charge in [-0.25, -0.2) is 9.97 Å². The van der Waals surface area contributed by atoms with E-state index in [1.165, 1.54) is 9.75 Å². The van der Waals surface area contributed by atoms with Crippen molar-refractivity contribution in [2.24, 2.45) is 0 Å². The van der Waals surface area contributed by atoms with E-state index in [4.69, 9.17) is 0 Å². The van der Waals surface area contributed by atoms with Crippen LogP contribution < -0.4 is 0 Å². The molecule has 0 fully saturated rings. The molecule has 4 heteroatoms. The van der Waals surface area contributed by atoms with Gasteiger partial charge in [0.2, 0.25) is 0 Å². The first-order valence-corrected chi connectivity index (χ1v) is 7.99. The average Bonchev–Trinajstić information content (AvgIpc) is 2.97. The van der Waals surface area contributed by atoms with E-state index in [0.29, 0.717) is 5.92 Å². The van der Waals surface area contributed by atoms with Gasteiger partial charge in [-0.1, -0.05) is 34.6 Å². The van der Waals surface area contributed by atoms with E-state index in [2.05, 4.69) is 44.6 Å². The SMILES string of the molecule is CCC(C)(C)c1cnc(-c2ncc(C(C)C)s2)s1. The lowest BCUT2D eigenvalue weighted by molar-refractivity contribution is 0.516. The third-order valence-electron chi connectivity index (χ3n) is 3.33. The Morgan fingerprint density at radius 2 is 1.72 bits per heavy atom. The van der Waals surface area contributed by atoms with E-state index in [9.17, 15) is 0 Å². The normalized spacial score (nSPS) is 12.3. The van der Waals surface area contributed by atoms with Gasteiger partial charge in [0.1, 0.15) is 0 Å². The Labute approximate surface area is 117 Å². The van der Waals surface area contributed by atoms with Crippen molar-refractivity contribution in [3.63, 3.8) is 0 Å². The highest BCUT2D eigenvalue weighted by Crippen LogP contribution is 2.37. The van der Waals surface area contributed by atoms with E-state index in [0.717, 1.165) is 16.4 Å². The van der Waals surface area contributed by atoms with Crippen molar-refractivity contribution in [3.05, 3.63) is 22.1 Å². The van der Waals surface area contributed by atoms with Crippen molar-refractivity contribution in [1.82, 2.24) is 9.97 Å². The Morgan fingerprint density at radius 3 is 2.28 bits per heavy atom. The van der Waals surface area contributed by atoms with Crippen molar-refractivity contribution < 1.29 is 0 Å². The average molecular weight is 280 g/mol. The molecule has 2 rings (SSSR count). The fourth-order valence-electron chi connectivity index (χ4n) is 1.51. The summed E-state index contributed by atoms with van der Waals surface area (Å²) in [5, 5.41) is 2.12. The summed E-state index contributed by atoms with van der Waals surface area (Å²) >= 11 is 3.54. The molecule has 0 radical (unpaired) electrons. The molecule has 0 saturated heterocycles. The summed E-state index contributed by atoms with van der Waals surface area (Å²) in [5.74, 6) is 0.544. The first kappa shape index (κ1) is 13.7. The van der Waals surface area contributed by atoms with E-state index < -0.39 is 0 Å². The highest BCUT2D eigenvalue weighted by atomic mass is 32.1. The first-order valence-electron chi connectivity index (χ1n) is 6.36. The second-order valence-corrected chi connectivity index (χ2v) is 7.58. The van der Waals surface area contributed by atoms with Gasteiger partial charge in [-0.05, 0) is 12.3 Å². The quantitative estimate of drug-likeness (QED) is 0.780. The summed E-state index contributed by atoms with van der Waals surface area (Å²) in [5.41, 5.74) is 0.216. The van der Waals surface area contributed by atoms with Gasteiger partial charge in [-0.3, -0.25) is 0 Å². The Balaban J connectivity index is 2.29. The molecule has 0 spiro atoms. The van der Waals surface area contributed by atoms with Crippen LogP contribution in [0.3, 0.4) is 0 Å². The van der Waals surface area contributed by atoms with Crippen LogP contribution in [0.2, 0.25) is 0 Å². The number of rotatable bonds is 4. The summed E-state index contributed by atoms with van der Waals surface area (Å²) in [6.07, 6.45) is 5.13. The minimum Gasteiger partial charge on any atom is -0.242 e. The van der Waals surface area contributed by atoms with Crippen LogP contribution in [0.25, 0.3) is 10.0 Å². The largest absolute Gasteiger partial charge is 0.242 e. The molecule has 0 aliphatic rings. The molecule has 0 bridgehead atoms. The van der Waals surface area contributed by atoms with Crippen LogP contribution in [0.1, 0.15) is 56.7 Å². The number of thiazole rings is 2. The van der Waals surface area contributed by atoms with Gasteiger partial charge in [0.05, 0.1) is 0 Å². The lowest BCUT2D eigenvalue weighted by Gasteiger charge is -2.19. The molecule has 2 aromatic heterocycles. The van der Waals surface area contributed by atoms with Gasteiger partial charge in [-0.2, -0.15) is 0 Å². The fraction of sp³-hybridized carbons (Fsp3) is 0.571. The minimum absolute atomic E-state index is 0.216. The zero-order chi connectivity index (χ0) is 13.3. The second-order valence-electron chi connectivity index (χ2n) is 5.49. The predicted molar refractivity (Wildman–Crippen MR) is 80.6 cm³/mol. The molecule has 0 atom stereocenters. The van der Waals surface area contributed by atoms with E-state index in [1.54, 1.807) is 22.7 Å². The molecule has 2 heterocycles. The first-order chi connectivity index (χ1) is 8.44. The Morgan fingerprint density at radius 1 is 1.11 bits per heavy atom. The Kier molecular flexibility index (Phi) is 3.87. The standard InChI is InChI=1S/C14H20N2S2/c1-6-14(4,5)11-8-16-13(18-11)12-15-7-10(17-12)9(2)3/h7-9H,6H2,1-5H3. The van der Waals surface area contributed by atoms with Crippen molar-refractivity contribution in [2.75, 3.05) is 0 Å². The van der Waals surface area contributed by atoms with Crippen LogP contribution in [0.15, 0.2) is 12.4 Å². The van der Waals surface area contributed by atoms with Crippen molar-refractivity contribution in [2.45, 2.75) is 52.4 Å². The van der Waals surface area contributed by atoms with Gasteiger partial charge < -0.3 is 0 Å². The molecule has 2 aromatic rings. The monoisotopic (exact) mass is 280 g/mol. The van der Waals surface area contributed by atoms with Crippen LogP contribution in [-0.4, -0.2) is 9.97 Å². The van der Waals surface area contributed by atoms with E-state index in [1.807, 2.05) is 12.4 Å². The van der Waals surface area contributed by atoms with Crippen molar-refractivity contribution in [3.8, 4) is 10.0 Å². The molecule has 0 aliphatic carbocycles. The van der Waals surface area contributed by atoms with E-state index in [-0.39, 0.29) is 5.41 Å². The number of hydrogen-bond donors (Lipinski definition) is 0. The fourth-order valence-corrected chi connectivity index (χ4v) is 3.55. The molecule has 0 aromatic carbocycles. The Hall–Kier alpha value is -0.740. The van der Waals surface area contributed by atoms with Crippen molar-refractivity contribution in [1.29, 1.82) is 0 Å². The molecule has 0 amide bonds. The van der Waals surface area contributed by atoms with Gasteiger partial charge in [-0.15, -0.1) is 22.7 Å². The van der Waals surface area contributed by atoms with Gasteiger partial charge >= 0.3 is 0 Å². The van der Waals surface area contributed by atoms with Gasteiger partial charge in [0.15, 0.2) is 10.0 Å². The summed E-state index contributed by atoms with van der Waals surface area (Å²) in [7, 11) is 0. The smallest absolute Gasteiger partial charge is 0.152 e. The van der Waals surface area contributed by atoms with Crippen LogP contribution in [0, 0.1) is 0 Å². The molecule has 0 aliphatic heterocycles. The highest BCUT2D eigenvalue weighted by Gasteiger charge is 2.22. The van der Waals surface area contributed by atoms with E-state index >= 15 is 0 Å². The van der Waals surface area contributed by atoms with Crippen LogP contribution >= 0.6 is 22.7 Å². The molecular weight excluding hydrogens is 260 g/mol. The number of hydrogen-bond acceptors (Lipinski definition) is 4. The topological polar surface area (TPSA) is 25.8 Å².